The van der Waals surface area contributed by atoms with Crippen molar-refractivity contribution >= 4 is 22.7 Å². The summed E-state index contributed by atoms with van der Waals surface area (Å²) in [5.41, 5.74) is 4.88. The Morgan fingerprint density at radius 2 is 1.98 bits per heavy atom. The molecule has 11 heteroatoms. The lowest BCUT2D eigenvalue weighted by molar-refractivity contribution is -0.123. The highest BCUT2D eigenvalue weighted by molar-refractivity contribution is 6.00. The van der Waals surface area contributed by atoms with Crippen LogP contribution >= 0.6 is 0 Å². The zero-order valence-electron chi connectivity index (χ0n) is 22.4. The fourth-order valence-corrected chi connectivity index (χ4v) is 4.66. The fourth-order valence-electron chi connectivity index (χ4n) is 4.66. The Morgan fingerprint density at radius 3 is 2.68 bits per heavy atom. The Labute approximate surface area is 234 Å². The van der Waals surface area contributed by atoms with Crippen LogP contribution in [0.25, 0.3) is 22.2 Å². The second kappa shape index (κ2) is 10.7. The first-order valence-electron chi connectivity index (χ1n) is 12.9. The fraction of sp³-hybridized carbons (Fsp3) is 0.267. The molecule has 1 aliphatic rings. The second-order valence-corrected chi connectivity index (χ2v) is 10.3. The van der Waals surface area contributed by atoms with Crippen molar-refractivity contribution in [3.05, 3.63) is 83.4 Å². The highest BCUT2D eigenvalue weighted by atomic mass is 19.1. The summed E-state index contributed by atoms with van der Waals surface area (Å²) in [7, 11) is 0. The predicted octanol–water partition coefficient (Wildman–Crippen LogP) is 3.56. The number of ether oxygens (including phenoxy) is 2. The summed E-state index contributed by atoms with van der Waals surface area (Å²) < 4.78 is 37.7. The first-order chi connectivity index (χ1) is 19.5. The zero-order chi connectivity index (χ0) is 29.4. The number of primary amides is 1. The molecule has 0 saturated carbocycles. The molecule has 0 bridgehead atoms. The summed E-state index contributed by atoms with van der Waals surface area (Å²) in [5, 5.41) is 14.8. The SMILES string of the molecule is C[C@](O)(CNC(=O)c1cc(OCCF)c2ncccc2c1)c1cc2c(c(-c3ccc(F)cc3)n1)OC[C@]2(C)C(N)=O. The monoisotopic (exact) mass is 562 g/mol. The number of nitrogens with two attached hydrogens (primary N) is 1. The summed E-state index contributed by atoms with van der Waals surface area (Å²) in [6, 6.07) is 13.6. The van der Waals surface area contributed by atoms with Crippen molar-refractivity contribution in [2.24, 2.45) is 5.73 Å². The number of nitrogens with one attached hydrogen (secondary N) is 1. The van der Waals surface area contributed by atoms with Gasteiger partial charge in [0.25, 0.3) is 5.91 Å². The third-order valence-corrected chi connectivity index (χ3v) is 7.15. The average molecular weight is 563 g/mol. The van der Waals surface area contributed by atoms with Gasteiger partial charge in [-0.2, -0.15) is 0 Å². The molecule has 4 aromatic rings. The first kappa shape index (κ1) is 27.9. The van der Waals surface area contributed by atoms with Gasteiger partial charge in [-0.05, 0) is 62.4 Å². The normalized spacial score (nSPS) is 17.4. The molecule has 41 heavy (non-hydrogen) atoms. The molecule has 0 fully saturated rings. The molecule has 4 N–H and O–H groups in total. The lowest BCUT2D eigenvalue weighted by atomic mass is 9.82. The molecule has 0 spiro atoms. The maximum atomic E-state index is 13.6. The summed E-state index contributed by atoms with van der Waals surface area (Å²) >= 11 is 0. The van der Waals surface area contributed by atoms with E-state index in [1.165, 1.54) is 43.3 Å². The van der Waals surface area contributed by atoms with Crippen LogP contribution in [-0.2, 0) is 15.8 Å². The molecule has 3 heterocycles. The molecule has 2 amide bonds. The van der Waals surface area contributed by atoms with Gasteiger partial charge < -0.3 is 25.6 Å². The molecule has 5 rings (SSSR count). The van der Waals surface area contributed by atoms with Crippen LogP contribution < -0.4 is 20.5 Å². The van der Waals surface area contributed by atoms with Gasteiger partial charge in [-0.3, -0.25) is 14.6 Å². The van der Waals surface area contributed by atoms with Crippen molar-refractivity contribution in [2.45, 2.75) is 24.9 Å². The summed E-state index contributed by atoms with van der Waals surface area (Å²) in [6.45, 7) is 1.90. The minimum Gasteiger partial charge on any atom is -0.489 e. The number of alkyl halides is 1. The molecule has 0 radical (unpaired) electrons. The van der Waals surface area contributed by atoms with Crippen molar-refractivity contribution in [3.8, 4) is 22.8 Å². The van der Waals surface area contributed by atoms with E-state index < -0.39 is 35.3 Å². The van der Waals surface area contributed by atoms with Gasteiger partial charge in [0.1, 0.15) is 59.4 Å². The van der Waals surface area contributed by atoms with Crippen LogP contribution in [0.3, 0.4) is 0 Å². The lowest BCUT2D eigenvalue weighted by Gasteiger charge is -2.26. The van der Waals surface area contributed by atoms with E-state index in [-0.39, 0.29) is 36.8 Å². The van der Waals surface area contributed by atoms with E-state index in [0.29, 0.717) is 33.5 Å². The molecule has 0 unspecified atom stereocenters. The number of carbonyl (C=O) groups is 2. The molecular formula is C30H28F2N4O5. The lowest BCUT2D eigenvalue weighted by Crippen LogP contribution is -2.41. The number of hydrogen-bond donors (Lipinski definition) is 3. The number of carbonyl (C=O) groups excluding carboxylic acids is 2. The summed E-state index contributed by atoms with van der Waals surface area (Å²) in [6.07, 6.45) is 1.57. The van der Waals surface area contributed by atoms with Gasteiger partial charge in [0.15, 0.2) is 0 Å². The summed E-state index contributed by atoms with van der Waals surface area (Å²) in [5.74, 6) is -1.02. The maximum absolute atomic E-state index is 13.6. The quantitative estimate of drug-likeness (QED) is 0.284. The molecule has 2 aromatic carbocycles. The van der Waals surface area contributed by atoms with Crippen LogP contribution in [0.2, 0.25) is 0 Å². The molecule has 2 aromatic heterocycles. The van der Waals surface area contributed by atoms with Crippen molar-refractivity contribution < 1.29 is 33.0 Å². The van der Waals surface area contributed by atoms with E-state index in [9.17, 15) is 23.5 Å². The van der Waals surface area contributed by atoms with Gasteiger partial charge in [0, 0.05) is 28.3 Å². The van der Waals surface area contributed by atoms with Gasteiger partial charge >= 0.3 is 0 Å². The van der Waals surface area contributed by atoms with Gasteiger partial charge in [0.05, 0.1) is 12.2 Å². The minimum atomic E-state index is -1.72. The van der Waals surface area contributed by atoms with Crippen molar-refractivity contribution in [1.29, 1.82) is 0 Å². The Bertz CT molecular complexity index is 1640. The molecule has 1 aliphatic heterocycles. The van der Waals surface area contributed by atoms with Crippen LogP contribution in [0.4, 0.5) is 8.78 Å². The van der Waals surface area contributed by atoms with Gasteiger partial charge in [-0.15, -0.1) is 0 Å². The Morgan fingerprint density at radius 1 is 1.22 bits per heavy atom. The number of rotatable bonds is 9. The van der Waals surface area contributed by atoms with Crippen LogP contribution in [0.15, 0.2) is 60.8 Å². The number of fused-ring (bicyclic) bond motifs is 2. The molecule has 2 atom stereocenters. The molecule has 212 valence electrons. The minimum absolute atomic E-state index is 0.0283. The predicted molar refractivity (Wildman–Crippen MR) is 147 cm³/mol. The van der Waals surface area contributed by atoms with Crippen LogP contribution in [0.1, 0.15) is 35.5 Å². The maximum Gasteiger partial charge on any atom is 0.251 e. The van der Waals surface area contributed by atoms with Crippen LogP contribution in [-0.4, -0.2) is 53.3 Å². The number of aliphatic hydroxyl groups is 1. The first-order valence-corrected chi connectivity index (χ1v) is 12.9. The third-order valence-electron chi connectivity index (χ3n) is 7.15. The van der Waals surface area contributed by atoms with Crippen molar-refractivity contribution in [3.63, 3.8) is 0 Å². The van der Waals surface area contributed by atoms with Gasteiger partial charge in [0.2, 0.25) is 5.91 Å². The number of nitrogens with zero attached hydrogens (tertiary/aromatic N) is 2. The van der Waals surface area contributed by atoms with Gasteiger partial charge in [-0.25, -0.2) is 13.8 Å². The number of amides is 2. The summed E-state index contributed by atoms with van der Waals surface area (Å²) in [4.78, 5) is 34.5. The number of benzene rings is 2. The van der Waals surface area contributed by atoms with Crippen LogP contribution in [0.5, 0.6) is 11.5 Å². The molecule has 9 nitrogen and oxygen atoms in total. The Kier molecular flexibility index (Phi) is 7.31. The topological polar surface area (TPSA) is 137 Å². The molecule has 0 aliphatic carbocycles. The highest BCUT2D eigenvalue weighted by Gasteiger charge is 2.45. The standard InChI is InChI=1S/C30H28F2N4O5/c1-29(28(33)38)16-41-26-21(29)14-23(36-25(26)17-5-7-20(32)8-6-17)30(2,39)15-35-27(37)19-12-18-4-3-10-34-24(18)22(13-19)40-11-9-31/h3-8,10,12-14,39H,9,11,15-16H2,1-2H3,(H2,33,38)(H,35,37)/t29-,30-/m0/s1. The second-order valence-electron chi connectivity index (χ2n) is 10.3. The smallest absolute Gasteiger partial charge is 0.251 e. The van der Waals surface area contributed by atoms with Crippen molar-refractivity contribution in [1.82, 2.24) is 15.3 Å². The molecule has 0 saturated heterocycles. The van der Waals surface area contributed by atoms with Crippen molar-refractivity contribution in [2.75, 3.05) is 26.4 Å². The van der Waals surface area contributed by atoms with Crippen LogP contribution in [0, 0.1) is 5.82 Å². The average Bonchev–Trinajstić information content (AvgIpc) is 3.32. The van der Waals surface area contributed by atoms with Gasteiger partial charge in [-0.1, -0.05) is 6.07 Å². The Hall–Kier alpha value is -4.64. The van der Waals surface area contributed by atoms with E-state index in [2.05, 4.69) is 15.3 Å². The highest BCUT2D eigenvalue weighted by Crippen LogP contribution is 2.45. The van der Waals surface area contributed by atoms with E-state index in [1.807, 2.05) is 0 Å². The van der Waals surface area contributed by atoms with E-state index >= 15 is 0 Å². The number of hydrogen-bond acceptors (Lipinski definition) is 7. The number of halogens is 2. The molecular weight excluding hydrogens is 534 g/mol. The third kappa shape index (κ3) is 5.28. The zero-order valence-corrected chi connectivity index (χ0v) is 22.4. The van der Waals surface area contributed by atoms with E-state index in [4.69, 9.17) is 15.2 Å². The number of aromatic nitrogens is 2. The Balaban J connectivity index is 1.48. The van der Waals surface area contributed by atoms with E-state index in [0.717, 1.165) is 0 Å². The number of pyridine rings is 2. The largest absolute Gasteiger partial charge is 0.489 e. The van der Waals surface area contributed by atoms with E-state index in [1.54, 1.807) is 31.3 Å².